The van der Waals surface area contributed by atoms with Gasteiger partial charge >= 0.3 is 6.18 Å². The second kappa shape index (κ2) is 10.1. The van der Waals surface area contributed by atoms with E-state index >= 15 is 0 Å². The summed E-state index contributed by atoms with van der Waals surface area (Å²) < 4.78 is 46.6. The molecule has 2 aromatic heterocycles. The van der Waals surface area contributed by atoms with Gasteiger partial charge in [0.1, 0.15) is 5.69 Å². The Morgan fingerprint density at radius 2 is 1.82 bits per heavy atom. The summed E-state index contributed by atoms with van der Waals surface area (Å²) in [6, 6.07) is 15.4. The third-order valence-corrected chi connectivity index (χ3v) is 6.57. The van der Waals surface area contributed by atoms with Gasteiger partial charge in [0.25, 0.3) is 17.4 Å². The third-order valence-electron chi connectivity index (χ3n) is 6.57. The first-order valence-electron chi connectivity index (χ1n) is 12.2. The van der Waals surface area contributed by atoms with Gasteiger partial charge in [-0.1, -0.05) is 41.6 Å². The van der Waals surface area contributed by atoms with Crippen molar-refractivity contribution < 1.29 is 27.3 Å². The highest BCUT2D eigenvalue weighted by Crippen LogP contribution is 2.40. The molecule has 0 unspecified atom stereocenters. The van der Waals surface area contributed by atoms with Crippen molar-refractivity contribution in [3.63, 3.8) is 0 Å². The third kappa shape index (κ3) is 5.32. The number of carbonyl (C=O) groups excluding carboxylic acids is 1. The van der Waals surface area contributed by atoms with Gasteiger partial charge in [0, 0.05) is 17.2 Å². The van der Waals surface area contributed by atoms with Gasteiger partial charge in [-0.3, -0.25) is 14.4 Å². The first-order chi connectivity index (χ1) is 18.5. The fraction of sp³-hybridized carbons (Fsp3) is 0.296. The largest absolute Gasteiger partial charge is 0.397 e. The highest BCUT2D eigenvalue weighted by molar-refractivity contribution is 5.93. The van der Waals surface area contributed by atoms with E-state index in [2.05, 4.69) is 15.2 Å². The summed E-state index contributed by atoms with van der Waals surface area (Å²) in [5, 5.41) is 9.57. The fourth-order valence-corrected chi connectivity index (χ4v) is 4.05. The van der Waals surface area contributed by atoms with Crippen LogP contribution < -0.4 is 5.56 Å². The van der Waals surface area contributed by atoms with Crippen LogP contribution in [0.1, 0.15) is 41.8 Å². The molecule has 12 heteroatoms. The van der Waals surface area contributed by atoms with Crippen LogP contribution in [0.25, 0.3) is 23.0 Å². The molecule has 0 atom stereocenters. The molecule has 1 fully saturated rings. The van der Waals surface area contributed by atoms with Gasteiger partial charge in [-0.25, -0.2) is 9.75 Å². The summed E-state index contributed by atoms with van der Waals surface area (Å²) in [6.07, 6.45) is -3.63. The Hall–Kier alpha value is -4.32. The molecular formula is C27H24F3N5O4. The average Bonchev–Trinajstić information content (AvgIpc) is 3.62. The van der Waals surface area contributed by atoms with Crippen LogP contribution in [0.15, 0.2) is 70.0 Å². The summed E-state index contributed by atoms with van der Waals surface area (Å²) >= 11 is 0. The summed E-state index contributed by atoms with van der Waals surface area (Å²) in [5.74, 6) is -0.0541. The SMILES string of the molecule is CC(C)(c1ccc(-c2noc(-c3ccc(=O)n(Cc4cccc(C(=O)N5CCCO5)c4)n3)n2)cc1)C(F)(F)F. The number of aromatic nitrogens is 4. The number of hydrogen-bond acceptors (Lipinski definition) is 7. The molecule has 1 amide bonds. The van der Waals surface area contributed by atoms with Gasteiger partial charge in [-0.2, -0.15) is 23.3 Å². The van der Waals surface area contributed by atoms with Crippen molar-refractivity contribution in [3.05, 3.63) is 87.7 Å². The zero-order chi connectivity index (χ0) is 27.8. The van der Waals surface area contributed by atoms with Crippen LogP contribution in [0.5, 0.6) is 0 Å². The number of halogens is 3. The number of nitrogens with zero attached hydrogens (tertiary/aromatic N) is 5. The van der Waals surface area contributed by atoms with Crippen molar-refractivity contribution in [1.29, 1.82) is 0 Å². The second-order valence-corrected chi connectivity index (χ2v) is 9.63. The molecule has 39 heavy (non-hydrogen) atoms. The number of alkyl halides is 3. The van der Waals surface area contributed by atoms with Crippen molar-refractivity contribution >= 4 is 5.91 Å². The smallest absolute Gasteiger partial charge is 0.332 e. The lowest BCUT2D eigenvalue weighted by molar-refractivity contribution is -0.180. The normalized spacial score (nSPS) is 14.1. The van der Waals surface area contributed by atoms with E-state index in [1.807, 2.05) is 0 Å². The standard InChI is InChI=1S/C27H24F3N5O4/c1-26(2,27(28,29)30)20-9-7-18(8-10-20)23-31-24(39-33-23)21-11-12-22(36)34(32-21)16-17-5-3-6-19(15-17)25(37)35-13-4-14-38-35/h3,5-12,15H,4,13-14,16H2,1-2H3. The van der Waals surface area contributed by atoms with Crippen LogP contribution in [-0.2, 0) is 16.8 Å². The van der Waals surface area contributed by atoms with Crippen LogP contribution in [-0.4, -0.2) is 50.2 Å². The Labute approximate surface area is 220 Å². The fourth-order valence-electron chi connectivity index (χ4n) is 4.05. The van der Waals surface area contributed by atoms with Crippen molar-refractivity contribution in [3.8, 4) is 23.0 Å². The van der Waals surface area contributed by atoms with Gasteiger partial charge in [-0.15, -0.1) is 0 Å². The van der Waals surface area contributed by atoms with E-state index in [0.29, 0.717) is 29.8 Å². The van der Waals surface area contributed by atoms with Gasteiger partial charge in [0.05, 0.1) is 25.1 Å². The lowest BCUT2D eigenvalue weighted by atomic mass is 9.83. The maximum atomic E-state index is 13.4. The molecule has 3 heterocycles. The molecule has 0 aliphatic carbocycles. The van der Waals surface area contributed by atoms with E-state index in [-0.39, 0.29) is 41.0 Å². The summed E-state index contributed by atoms with van der Waals surface area (Å²) in [6.45, 7) is 3.34. The molecule has 0 N–H and O–H groups in total. The predicted molar refractivity (Wildman–Crippen MR) is 133 cm³/mol. The van der Waals surface area contributed by atoms with Crippen LogP contribution >= 0.6 is 0 Å². The van der Waals surface area contributed by atoms with E-state index in [9.17, 15) is 22.8 Å². The number of benzene rings is 2. The van der Waals surface area contributed by atoms with Crippen LogP contribution in [0, 0.1) is 0 Å². The molecule has 1 aliphatic heterocycles. The molecule has 0 spiro atoms. The summed E-state index contributed by atoms with van der Waals surface area (Å²) in [7, 11) is 0. The molecule has 4 aromatic rings. The Bertz CT molecular complexity index is 1550. The van der Waals surface area contributed by atoms with Gasteiger partial charge in [0.15, 0.2) is 0 Å². The number of carbonyl (C=O) groups is 1. The summed E-state index contributed by atoms with van der Waals surface area (Å²) in [4.78, 5) is 34.8. The number of rotatable bonds is 6. The first-order valence-corrected chi connectivity index (χ1v) is 12.2. The molecule has 1 aliphatic rings. The van der Waals surface area contributed by atoms with E-state index in [1.165, 1.54) is 46.1 Å². The van der Waals surface area contributed by atoms with E-state index in [0.717, 1.165) is 20.3 Å². The molecule has 202 valence electrons. The van der Waals surface area contributed by atoms with Crippen LogP contribution in [0.3, 0.4) is 0 Å². The number of amides is 1. The molecule has 0 radical (unpaired) electrons. The molecule has 0 bridgehead atoms. The monoisotopic (exact) mass is 539 g/mol. The maximum Gasteiger partial charge on any atom is 0.397 e. The van der Waals surface area contributed by atoms with Crippen LogP contribution in [0.2, 0.25) is 0 Å². The number of hydroxylamine groups is 2. The van der Waals surface area contributed by atoms with E-state index in [1.54, 1.807) is 24.3 Å². The molecule has 9 nitrogen and oxygen atoms in total. The van der Waals surface area contributed by atoms with Gasteiger partial charge in [0.2, 0.25) is 5.82 Å². The topological polar surface area (TPSA) is 103 Å². The predicted octanol–water partition coefficient (Wildman–Crippen LogP) is 4.63. The average molecular weight is 540 g/mol. The maximum absolute atomic E-state index is 13.4. The lowest BCUT2D eigenvalue weighted by Crippen LogP contribution is -2.36. The second-order valence-electron chi connectivity index (χ2n) is 9.63. The molecule has 1 saturated heterocycles. The van der Waals surface area contributed by atoms with E-state index in [4.69, 9.17) is 9.36 Å². The van der Waals surface area contributed by atoms with E-state index < -0.39 is 11.6 Å². The number of hydrogen-bond donors (Lipinski definition) is 0. The Balaban J connectivity index is 1.35. The molecule has 2 aromatic carbocycles. The Morgan fingerprint density at radius 3 is 2.51 bits per heavy atom. The minimum absolute atomic E-state index is 0.0357. The highest BCUT2D eigenvalue weighted by Gasteiger charge is 2.48. The lowest BCUT2D eigenvalue weighted by Gasteiger charge is -2.28. The van der Waals surface area contributed by atoms with Crippen molar-refractivity contribution in [2.75, 3.05) is 13.2 Å². The Morgan fingerprint density at radius 1 is 1.05 bits per heavy atom. The molecular weight excluding hydrogens is 515 g/mol. The summed E-state index contributed by atoms with van der Waals surface area (Å²) in [5.41, 5.74) is -0.467. The van der Waals surface area contributed by atoms with Gasteiger partial charge in [-0.05, 0) is 49.6 Å². The first kappa shape index (κ1) is 26.3. The van der Waals surface area contributed by atoms with Crippen molar-refractivity contribution in [1.82, 2.24) is 25.0 Å². The zero-order valence-corrected chi connectivity index (χ0v) is 21.1. The van der Waals surface area contributed by atoms with Crippen molar-refractivity contribution in [2.24, 2.45) is 0 Å². The minimum Gasteiger partial charge on any atom is -0.332 e. The van der Waals surface area contributed by atoms with Crippen molar-refractivity contribution in [2.45, 2.75) is 38.4 Å². The quantitative estimate of drug-likeness (QED) is 0.352. The Kier molecular flexibility index (Phi) is 6.81. The molecule has 5 rings (SSSR count). The van der Waals surface area contributed by atoms with Crippen LogP contribution in [0.4, 0.5) is 13.2 Å². The zero-order valence-electron chi connectivity index (χ0n) is 21.1. The van der Waals surface area contributed by atoms with Gasteiger partial charge < -0.3 is 4.52 Å². The molecule has 0 saturated carbocycles. The minimum atomic E-state index is -4.40. The highest BCUT2D eigenvalue weighted by atomic mass is 19.4.